The number of ether oxygens (including phenoxy) is 1. The molecule has 0 spiro atoms. The van der Waals surface area contributed by atoms with Crippen molar-refractivity contribution in [3.63, 3.8) is 0 Å². The lowest BCUT2D eigenvalue weighted by molar-refractivity contribution is 0.0995. The molecule has 2 amide bonds. The largest absolute Gasteiger partial charge is 0.459 e. The summed E-state index contributed by atoms with van der Waals surface area (Å²) < 4.78 is 10.4. The van der Waals surface area contributed by atoms with E-state index in [9.17, 15) is 9.59 Å². The first-order chi connectivity index (χ1) is 13.7. The number of carbonyl (C=O) groups excluding carboxylic acids is 2. The molecule has 144 valence electrons. The minimum absolute atomic E-state index is 0.214. The van der Waals surface area contributed by atoms with Gasteiger partial charge in [-0.3, -0.25) is 9.59 Å². The van der Waals surface area contributed by atoms with Crippen molar-refractivity contribution >= 4 is 39.7 Å². The summed E-state index contributed by atoms with van der Waals surface area (Å²) in [4.78, 5) is 31.5. The number of rotatable bonds is 5. The molecule has 0 aromatic carbocycles. The molecule has 0 atom stereocenters. The average Bonchev–Trinajstić information content (AvgIpc) is 3.41. The molecule has 0 aliphatic carbocycles. The first-order valence-corrected chi connectivity index (χ1v) is 9.55. The average molecular weight is 398 g/mol. The lowest BCUT2D eigenvalue weighted by Gasteiger charge is -2.27. The van der Waals surface area contributed by atoms with Gasteiger partial charge in [0.2, 0.25) is 0 Å². The fourth-order valence-electron chi connectivity index (χ4n) is 2.74. The van der Waals surface area contributed by atoms with Crippen molar-refractivity contribution in [2.45, 2.75) is 0 Å². The van der Waals surface area contributed by atoms with Crippen molar-refractivity contribution < 1.29 is 18.7 Å². The summed E-state index contributed by atoms with van der Waals surface area (Å²) in [5.74, 6) is 0.456. The molecular formula is C19H18N4O4S. The molecule has 2 N–H and O–H groups in total. The van der Waals surface area contributed by atoms with Crippen molar-refractivity contribution in [3.8, 4) is 0 Å². The van der Waals surface area contributed by atoms with Crippen molar-refractivity contribution in [2.75, 3.05) is 41.8 Å². The molecule has 4 heterocycles. The van der Waals surface area contributed by atoms with Crippen LogP contribution in [0.3, 0.4) is 0 Å². The fourth-order valence-corrected chi connectivity index (χ4v) is 3.54. The number of carbonyl (C=O) groups is 2. The second-order valence-electron chi connectivity index (χ2n) is 6.05. The molecule has 1 aliphatic heterocycles. The molecule has 1 aliphatic rings. The Morgan fingerprint density at radius 2 is 1.89 bits per heavy atom. The van der Waals surface area contributed by atoms with Crippen molar-refractivity contribution in [2.24, 2.45) is 0 Å². The van der Waals surface area contributed by atoms with E-state index < -0.39 is 0 Å². The van der Waals surface area contributed by atoms with Crippen molar-refractivity contribution in [1.82, 2.24) is 4.98 Å². The maximum atomic E-state index is 12.4. The van der Waals surface area contributed by atoms with E-state index in [2.05, 4.69) is 20.5 Å². The van der Waals surface area contributed by atoms with E-state index >= 15 is 0 Å². The number of pyridine rings is 1. The highest BCUT2D eigenvalue weighted by molar-refractivity contribution is 7.18. The molecule has 9 heteroatoms. The van der Waals surface area contributed by atoms with Gasteiger partial charge in [-0.25, -0.2) is 4.98 Å². The van der Waals surface area contributed by atoms with Gasteiger partial charge in [0.05, 0.1) is 41.2 Å². The van der Waals surface area contributed by atoms with Gasteiger partial charge in [0.1, 0.15) is 5.82 Å². The Labute approximate surface area is 165 Å². The van der Waals surface area contributed by atoms with E-state index in [0.717, 1.165) is 18.9 Å². The zero-order valence-electron chi connectivity index (χ0n) is 14.9. The minimum atomic E-state index is -0.360. The molecule has 1 fully saturated rings. The van der Waals surface area contributed by atoms with Crippen LogP contribution in [0.2, 0.25) is 0 Å². The van der Waals surface area contributed by atoms with Crippen LogP contribution in [0, 0.1) is 0 Å². The first kappa shape index (κ1) is 18.2. The molecule has 3 aromatic heterocycles. The van der Waals surface area contributed by atoms with E-state index in [0.29, 0.717) is 28.8 Å². The van der Waals surface area contributed by atoms with Crippen LogP contribution in [0.4, 0.5) is 16.5 Å². The van der Waals surface area contributed by atoms with Gasteiger partial charge in [-0.05, 0) is 36.4 Å². The van der Waals surface area contributed by atoms with Gasteiger partial charge in [-0.2, -0.15) is 0 Å². The number of morpholine rings is 1. The predicted octanol–water partition coefficient (Wildman–Crippen LogP) is 3.08. The summed E-state index contributed by atoms with van der Waals surface area (Å²) in [7, 11) is 0. The van der Waals surface area contributed by atoms with Gasteiger partial charge < -0.3 is 24.7 Å². The maximum absolute atomic E-state index is 12.4. The van der Waals surface area contributed by atoms with Crippen LogP contribution in [0.1, 0.15) is 20.2 Å². The highest BCUT2D eigenvalue weighted by Crippen LogP contribution is 2.24. The lowest BCUT2D eigenvalue weighted by atomic mass is 10.3. The fraction of sp³-hybridized carbons (Fsp3) is 0.211. The Kier molecular flexibility index (Phi) is 5.36. The molecular weight excluding hydrogens is 380 g/mol. The molecule has 1 saturated heterocycles. The molecule has 8 nitrogen and oxygen atoms in total. The standard InChI is InChI=1S/C19H18N4O4S/c24-18(14-2-1-9-27-14)22-17-6-4-15(28-17)19(25)21-13-3-5-16(20-12-13)23-7-10-26-11-8-23/h1-6,9,12H,7-8,10-11H2,(H,21,25)(H,22,24). The Morgan fingerprint density at radius 1 is 1.04 bits per heavy atom. The molecule has 0 saturated carbocycles. The van der Waals surface area contributed by atoms with E-state index in [4.69, 9.17) is 9.15 Å². The molecule has 28 heavy (non-hydrogen) atoms. The number of amides is 2. The zero-order chi connectivity index (χ0) is 19.3. The Morgan fingerprint density at radius 3 is 2.61 bits per heavy atom. The summed E-state index contributed by atoms with van der Waals surface area (Å²) >= 11 is 1.18. The topological polar surface area (TPSA) is 96.7 Å². The number of furan rings is 1. The van der Waals surface area contributed by atoms with Crippen LogP contribution in [-0.4, -0.2) is 43.1 Å². The van der Waals surface area contributed by atoms with Crippen LogP contribution in [0.15, 0.2) is 53.3 Å². The third-order valence-electron chi connectivity index (χ3n) is 4.15. The highest BCUT2D eigenvalue weighted by atomic mass is 32.1. The third-order valence-corrected chi connectivity index (χ3v) is 5.15. The molecule has 3 aromatic rings. The highest BCUT2D eigenvalue weighted by Gasteiger charge is 2.15. The lowest BCUT2D eigenvalue weighted by Crippen LogP contribution is -2.36. The molecule has 0 bridgehead atoms. The Bertz CT molecular complexity index is 947. The number of hydrogen-bond acceptors (Lipinski definition) is 7. The number of anilines is 3. The number of aromatic nitrogens is 1. The van der Waals surface area contributed by atoms with E-state index in [-0.39, 0.29) is 17.6 Å². The monoisotopic (exact) mass is 398 g/mol. The number of hydrogen-bond donors (Lipinski definition) is 2. The Balaban J connectivity index is 1.36. The molecule has 4 rings (SSSR count). The van der Waals surface area contributed by atoms with Crippen LogP contribution >= 0.6 is 11.3 Å². The predicted molar refractivity (Wildman–Crippen MR) is 106 cm³/mol. The summed E-state index contributed by atoms with van der Waals surface area (Å²) in [6.07, 6.45) is 3.07. The van der Waals surface area contributed by atoms with Crippen molar-refractivity contribution in [3.05, 3.63) is 59.5 Å². The second kappa shape index (κ2) is 8.24. The SMILES string of the molecule is O=C(Nc1ccc(C(=O)Nc2ccc(N3CCOCC3)nc2)s1)c1ccco1. The van der Waals surface area contributed by atoms with Crippen LogP contribution < -0.4 is 15.5 Å². The summed E-state index contributed by atoms with van der Waals surface area (Å²) in [5.41, 5.74) is 0.608. The van der Waals surface area contributed by atoms with Gasteiger partial charge in [0.25, 0.3) is 11.8 Å². The number of nitrogens with one attached hydrogen (secondary N) is 2. The zero-order valence-corrected chi connectivity index (χ0v) is 15.7. The molecule has 0 radical (unpaired) electrons. The quantitative estimate of drug-likeness (QED) is 0.686. The third kappa shape index (κ3) is 4.21. The smallest absolute Gasteiger partial charge is 0.291 e. The van der Waals surface area contributed by atoms with Gasteiger partial charge in [0, 0.05) is 13.1 Å². The Hall–Kier alpha value is -3.17. The van der Waals surface area contributed by atoms with Gasteiger partial charge in [-0.1, -0.05) is 0 Å². The summed E-state index contributed by atoms with van der Waals surface area (Å²) in [5, 5.41) is 6.08. The second-order valence-corrected chi connectivity index (χ2v) is 7.14. The van der Waals surface area contributed by atoms with Gasteiger partial charge in [0.15, 0.2) is 5.76 Å². The number of nitrogens with zero attached hydrogens (tertiary/aromatic N) is 2. The first-order valence-electron chi connectivity index (χ1n) is 8.74. The van der Waals surface area contributed by atoms with Gasteiger partial charge in [-0.15, -0.1) is 11.3 Å². The van der Waals surface area contributed by atoms with Crippen LogP contribution in [-0.2, 0) is 4.74 Å². The maximum Gasteiger partial charge on any atom is 0.291 e. The summed E-state index contributed by atoms with van der Waals surface area (Å²) in [6.45, 7) is 3.00. The number of thiophene rings is 1. The van der Waals surface area contributed by atoms with Gasteiger partial charge >= 0.3 is 0 Å². The van der Waals surface area contributed by atoms with Crippen molar-refractivity contribution in [1.29, 1.82) is 0 Å². The van der Waals surface area contributed by atoms with E-state index in [1.54, 1.807) is 30.5 Å². The normalized spacial score (nSPS) is 13.9. The van der Waals surface area contributed by atoms with E-state index in [1.165, 1.54) is 17.6 Å². The molecule has 0 unspecified atom stereocenters. The van der Waals surface area contributed by atoms with E-state index in [1.807, 2.05) is 12.1 Å². The summed E-state index contributed by atoms with van der Waals surface area (Å²) in [6, 6.07) is 10.3. The van der Waals surface area contributed by atoms with Crippen LogP contribution in [0.5, 0.6) is 0 Å². The van der Waals surface area contributed by atoms with Crippen LogP contribution in [0.25, 0.3) is 0 Å². The minimum Gasteiger partial charge on any atom is -0.459 e.